The Balaban J connectivity index is 1.53. The van der Waals surface area contributed by atoms with Gasteiger partial charge in [-0.15, -0.1) is 11.3 Å². The molecule has 1 fully saturated rings. The molecule has 0 N–H and O–H groups in total. The molecular weight excluding hydrogens is 456 g/mol. The Morgan fingerprint density at radius 3 is 2.19 bits per heavy atom. The molecule has 1 aromatic heterocycles. The van der Waals surface area contributed by atoms with E-state index < -0.39 is 28.3 Å². The van der Waals surface area contributed by atoms with Crippen LogP contribution in [0.3, 0.4) is 0 Å². The highest BCUT2D eigenvalue weighted by Gasteiger charge is 2.32. The van der Waals surface area contributed by atoms with Crippen molar-refractivity contribution in [2.24, 2.45) is 0 Å². The van der Waals surface area contributed by atoms with Gasteiger partial charge in [-0.25, -0.2) is 17.2 Å². The molecule has 0 unspecified atom stereocenters. The van der Waals surface area contributed by atoms with Crippen molar-refractivity contribution in [2.75, 3.05) is 41.9 Å². The van der Waals surface area contributed by atoms with E-state index in [1.54, 1.807) is 29.6 Å². The monoisotopic (exact) mass is 477 g/mol. The number of nitrogens with zero attached hydrogens (tertiary/aromatic N) is 3. The Kier molecular flexibility index (Phi) is 6.43. The average molecular weight is 478 g/mol. The summed E-state index contributed by atoms with van der Waals surface area (Å²) in [5.74, 6) is -1.51. The van der Waals surface area contributed by atoms with Gasteiger partial charge in [0.05, 0.1) is 11.4 Å². The molecule has 0 saturated carbocycles. The minimum Gasteiger partial charge on any atom is -0.366 e. The van der Waals surface area contributed by atoms with Gasteiger partial charge < -0.3 is 9.80 Å². The van der Waals surface area contributed by atoms with E-state index in [1.165, 1.54) is 35.2 Å². The van der Waals surface area contributed by atoms with Gasteiger partial charge in [0.15, 0.2) is 0 Å². The highest BCUT2D eigenvalue weighted by molar-refractivity contribution is 7.94. The molecule has 4 rings (SSSR count). The van der Waals surface area contributed by atoms with E-state index in [1.807, 2.05) is 4.90 Å². The fourth-order valence-corrected chi connectivity index (χ4v) is 6.13. The summed E-state index contributed by atoms with van der Waals surface area (Å²) in [6.45, 7) is 0.892. The second-order valence-corrected chi connectivity index (χ2v) is 10.3. The van der Waals surface area contributed by atoms with Crippen molar-refractivity contribution in [3.05, 3.63) is 77.7 Å². The van der Waals surface area contributed by atoms with Crippen molar-refractivity contribution in [1.29, 1.82) is 0 Å². The molecule has 168 valence electrons. The molecule has 2 aromatic carbocycles. The van der Waals surface area contributed by atoms with Crippen LogP contribution in [0.15, 0.2) is 70.3 Å². The number of sulfonamides is 1. The quantitative estimate of drug-likeness (QED) is 0.545. The summed E-state index contributed by atoms with van der Waals surface area (Å²) in [6.07, 6.45) is 0. The predicted octanol–water partition coefficient (Wildman–Crippen LogP) is 3.57. The topological polar surface area (TPSA) is 60.9 Å². The third-order valence-corrected chi connectivity index (χ3v) is 8.40. The summed E-state index contributed by atoms with van der Waals surface area (Å²) in [4.78, 5) is 16.4. The Labute approximate surface area is 189 Å². The van der Waals surface area contributed by atoms with Crippen LogP contribution in [0.2, 0.25) is 0 Å². The molecule has 0 atom stereocenters. The summed E-state index contributed by atoms with van der Waals surface area (Å²) < 4.78 is 55.8. The van der Waals surface area contributed by atoms with E-state index >= 15 is 0 Å². The number of thiophene rings is 1. The molecule has 0 aliphatic carbocycles. The minimum absolute atomic E-state index is 0.0259. The van der Waals surface area contributed by atoms with Gasteiger partial charge >= 0.3 is 0 Å². The number of benzene rings is 2. The number of carbonyl (C=O) groups excluding carboxylic acids is 1. The molecule has 6 nitrogen and oxygen atoms in total. The predicted molar refractivity (Wildman–Crippen MR) is 120 cm³/mol. The van der Waals surface area contributed by atoms with Crippen LogP contribution < -0.4 is 9.21 Å². The van der Waals surface area contributed by atoms with E-state index in [4.69, 9.17) is 0 Å². The van der Waals surface area contributed by atoms with Crippen molar-refractivity contribution in [2.45, 2.75) is 4.21 Å². The highest BCUT2D eigenvalue weighted by Crippen LogP contribution is 2.29. The van der Waals surface area contributed by atoms with Crippen molar-refractivity contribution in [3.8, 4) is 0 Å². The molecule has 10 heteroatoms. The van der Waals surface area contributed by atoms with E-state index in [-0.39, 0.29) is 15.7 Å². The standard InChI is InChI=1S/C22H21F2N3O3S2/c23-17-6-1-3-8-19(17)25-11-13-26(14-12-25)21(28)16-27(20-9-4-2-7-18(20)24)32(29,30)22-10-5-15-31-22/h1-10,15H,11-14,16H2. The number of hydrogen-bond acceptors (Lipinski definition) is 5. The van der Waals surface area contributed by atoms with Crippen molar-refractivity contribution < 1.29 is 22.0 Å². The van der Waals surface area contributed by atoms with E-state index in [0.29, 0.717) is 31.9 Å². The molecule has 1 aliphatic heterocycles. The van der Waals surface area contributed by atoms with Crippen LogP contribution in [-0.4, -0.2) is 51.9 Å². The molecular formula is C22H21F2N3O3S2. The molecule has 1 amide bonds. The first-order valence-electron chi connectivity index (χ1n) is 9.96. The maximum absolute atomic E-state index is 14.5. The number of piperazine rings is 1. The summed E-state index contributed by atoms with van der Waals surface area (Å²) in [5, 5.41) is 1.61. The lowest BCUT2D eigenvalue weighted by molar-refractivity contribution is -0.129. The molecule has 32 heavy (non-hydrogen) atoms. The number of rotatable bonds is 6. The third-order valence-electron chi connectivity index (χ3n) is 5.26. The number of amides is 1. The zero-order valence-corrected chi connectivity index (χ0v) is 18.7. The zero-order valence-electron chi connectivity index (χ0n) is 17.0. The maximum atomic E-state index is 14.5. The maximum Gasteiger partial charge on any atom is 0.274 e. The molecule has 0 radical (unpaired) electrons. The zero-order chi connectivity index (χ0) is 22.7. The second kappa shape index (κ2) is 9.25. The number of hydrogen-bond donors (Lipinski definition) is 0. The Morgan fingerprint density at radius 2 is 1.56 bits per heavy atom. The van der Waals surface area contributed by atoms with Gasteiger partial charge in [0.2, 0.25) is 5.91 Å². The smallest absolute Gasteiger partial charge is 0.274 e. The van der Waals surface area contributed by atoms with Gasteiger partial charge in [-0.1, -0.05) is 30.3 Å². The first-order chi connectivity index (χ1) is 15.4. The van der Waals surface area contributed by atoms with Crippen LogP contribution in [0, 0.1) is 11.6 Å². The Morgan fingerprint density at radius 1 is 0.906 bits per heavy atom. The number of carbonyl (C=O) groups is 1. The van der Waals surface area contributed by atoms with Crippen LogP contribution in [0.4, 0.5) is 20.2 Å². The molecule has 0 bridgehead atoms. The summed E-state index contributed by atoms with van der Waals surface area (Å²) in [7, 11) is -4.12. The molecule has 2 heterocycles. The second-order valence-electron chi connectivity index (χ2n) is 7.21. The first-order valence-corrected chi connectivity index (χ1v) is 12.3. The SMILES string of the molecule is O=C(CN(c1ccccc1F)S(=O)(=O)c1cccs1)N1CCN(c2ccccc2F)CC1. The molecule has 0 spiro atoms. The van der Waals surface area contributed by atoms with Gasteiger partial charge in [0.1, 0.15) is 22.4 Å². The number of anilines is 2. The lowest BCUT2D eigenvalue weighted by Gasteiger charge is -2.37. The van der Waals surface area contributed by atoms with Gasteiger partial charge in [0.25, 0.3) is 10.0 Å². The van der Waals surface area contributed by atoms with Gasteiger partial charge in [-0.2, -0.15) is 0 Å². The summed E-state index contributed by atoms with van der Waals surface area (Å²) in [6, 6.07) is 14.9. The molecule has 3 aromatic rings. The van der Waals surface area contributed by atoms with Crippen molar-refractivity contribution >= 4 is 38.6 Å². The van der Waals surface area contributed by atoms with Gasteiger partial charge in [-0.3, -0.25) is 9.10 Å². The van der Waals surface area contributed by atoms with Gasteiger partial charge in [-0.05, 0) is 35.7 Å². The summed E-state index contributed by atoms with van der Waals surface area (Å²) >= 11 is 1.00. The lowest BCUT2D eigenvalue weighted by atomic mass is 10.2. The lowest BCUT2D eigenvalue weighted by Crippen LogP contribution is -2.52. The van der Waals surface area contributed by atoms with E-state index in [2.05, 4.69) is 0 Å². The highest BCUT2D eigenvalue weighted by atomic mass is 32.2. The third kappa shape index (κ3) is 4.46. The van der Waals surface area contributed by atoms with Crippen molar-refractivity contribution in [3.63, 3.8) is 0 Å². The fourth-order valence-electron chi connectivity index (χ4n) is 3.60. The Hall–Kier alpha value is -2.98. The van der Waals surface area contributed by atoms with Crippen LogP contribution in [0.1, 0.15) is 0 Å². The largest absolute Gasteiger partial charge is 0.366 e. The van der Waals surface area contributed by atoms with Crippen LogP contribution in [-0.2, 0) is 14.8 Å². The number of halogens is 2. The first kappa shape index (κ1) is 22.2. The van der Waals surface area contributed by atoms with E-state index in [9.17, 15) is 22.0 Å². The normalized spacial score (nSPS) is 14.4. The molecule has 1 aliphatic rings. The van der Waals surface area contributed by atoms with Crippen LogP contribution >= 0.6 is 11.3 Å². The van der Waals surface area contributed by atoms with Crippen LogP contribution in [0.25, 0.3) is 0 Å². The Bertz CT molecular complexity index is 1190. The fraction of sp³-hybridized carbons (Fsp3) is 0.227. The van der Waals surface area contributed by atoms with Crippen molar-refractivity contribution in [1.82, 2.24) is 4.90 Å². The number of para-hydroxylation sites is 2. The van der Waals surface area contributed by atoms with E-state index in [0.717, 1.165) is 21.7 Å². The summed E-state index contributed by atoms with van der Waals surface area (Å²) in [5.41, 5.74) is 0.284. The molecule has 1 saturated heterocycles. The van der Waals surface area contributed by atoms with Crippen LogP contribution in [0.5, 0.6) is 0 Å². The minimum atomic E-state index is -4.12. The average Bonchev–Trinajstić information content (AvgIpc) is 3.34. The van der Waals surface area contributed by atoms with Gasteiger partial charge in [0, 0.05) is 26.2 Å².